The van der Waals surface area contributed by atoms with Crippen molar-refractivity contribution < 1.29 is 9.18 Å². The monoisotopic (exact) mass is 571 g/mol. The second-order valence-electron chi connectivity index (χ2n) is 11.0. The summed E-state index contributed by atoms with van der Waals surface area (Å²) >= 11 is 13.7. The van der Waals surface area contributed by atoms with Crippen LogP contribution in [0.25, 0.3) is 6.08 Å². The van der Waals surface area contributed by atoms with Crippen LogP contribution in [0.4, 0.5) is 4.39 Å². The zero-order chi connectivity index (χ0) is 28.0. The van der Waals surface area contributed by atoms with Crippen molar-refractivity contribution in [3.8, 4) is 0 Å². The van der Waals surface area contributed by atoms with Gasteiger partial charge in [-0.2, -0.15) is 0 Å². The van der Waals surface area contributed by atoms with Crippen molar-refractivity contribution in [3.63, 3.8) is 0 Å². The maximum absolute atomic E-state index is 13.8. The highest BCUT2D eigenvalue weighted by molar-refractivity contribution is 6.29. The summed E-state index contributed by atoms with van der Waals surface area (Å²) in [5.74, 6) is 0.104. The lowest BCUT2D eigenvalue weighted by Crippen LogP contribution is -2.58. The fraction of sp³-hybridized carbons (Fsp3) is 0.500. The summed E-state index contributed by atoms with van der Waals surface area (Å²) < 4.78 is 13.3. The first-order chi connectivity index (χ1) is 18.7. The number of hydrogen-bond acceptors (Lipinski definition) is 3. The quantitative estimate of drug-likeness (QED) is 0.174. The third kappa shape index (κ3) is 6.42. The number of allylic oxidation sites excluding steroid dienone is 2. The summed E-state index contributed by atoms with van der Waals surface area (Å²) in [7, 11) is 0. The maximum Gasteiger partial charge on any atom is 0.254 e. The molecule has 4 unspecified atom stereocenters. The molecule has 0 spiro atoms. The van der Waals surface area contributed by atoms with Gasteiger partial charge in [-0.25, -0.2) is 9.37 Å². The molecular weight excluding hydrogens is 532 g/mol. The molecule has 0 radical (unpaired) electrons. The zero-order valence-corrected chi connectivity index (χ0v) is 24.8. The van der Waals surface area contributed by atoms with Gasteiger partial charge in [0.1, 0.15) is 11.0 Å². The predicted molar refractivity (Wildman–Crippen MR) is 160 cm³/mol. The Morgan fingerprint density at radius 3 is 2.67 bits per heavy atom. The summed E-state index contributed by atoms with van der Waals surface area (Å²) in [5.41, 5.74) is 1.29. The Kier molecular flexibility index (Phi) is 9.90. The Balaban J connectivity index is 1.61. The van der Waals surface area contributed by atoms with Crippen molar-refractivity contribution in [2.75, 3.05) is 26.2 Å². The largest absolute Gasteiger partial charge is 0.335 e. The molecule has 39 heavy (non-hydrogen) atoms. The maximum atomic E-state index is 13.8. The standard InChI is InChI=1S/C32H40Cl2FN3O/c1-4-6-16-31(3,34)32(17-21-38(28(32)5-2)30(39)25-15-18-36-29(33)22-25)26-10-8-20-37(23-26)19-7-9-24-11-13-27(35)14-12-24/h6-7,9,11-16,18,22,26,28H,4-5,8,10,17,19-21,23H2,1-3H3. The van der Waals surface area contributed by atoms with Gasteiger partial charge in [-0.3, -0.25) is 9.69 Å². The molecule has 0 N–H and O–H groups in total. The molecule has 2 fully saturated rings. The van der Waals surface area contributed by atoms with Gasteiger partial charge in [0.25, 0.3) is 5.91 Å². The average molecular weight is 573 g/mol. The van der Waals surface area contributed by atoms with Crippen LogP contribution in [-0.4, -0.2) is 57.8 Å². The van der Waals surface area contributed by atoms with E-state index in [9.17, 15) is 9.18 Å². The van der Waals surface area contributed by atoms with Crippen molar-refractivity contribution in [2.24, 2.45) is 11.3 Å². The molecule has 1 amide bonds. The van der Waals surface area contributed by atoms with Crippen molar-refractivity contribution in [1.29, 1.82) is 0 Å². The molecule has 7 heteroatoms. The third-order valence-electron chi connectivity index (χ3n) is 8.71. The van der Waals surface area contributed by atoms with Gasteiger partial charge < -0.3 is 4.90 Å². The van der Waals surface area contributed by atoms with E-state index in [1.54, 1.807) is 30.5 Å². The van der Waals surface area contributed by atoms with Gasteiger partial charge in [0.15, 0.2) is 0 Å². The second kappa shape index (κ2) is 13.0. The fourth-order valence-corrected chi connectivity index (χ4v) is 7.57. The average Bonchev–Trinajstić information content (AvgIpc) is 3.34. The van der Waals surface area contributed by atoms with Crippen molar-refractivity contribution in [2.45, 2.75) is 63.8 Å². The Hall–Kier alpha value is -2.21. The first kappa shape index (κ1) is 29.8. The molecule has 3 heterocycles. The second-order valence-corrected chi connectivity index (χ2v) is 12.2. The Morgan fingerprint density at radius 2 is 1.97 bits per heavy atom. The molecular formula is C32H40Cl2FN3O. The van der Waals surface area contributed by atoms with Gasteiger partial charge in [0, 0.05) is 42.9 Å². The van der Waals surface area contributed by atoms with E-state index in [2.05, 4.69) is 55.0 Å². The first-order valence-electron chi connectivity index (χ1n) is 14.2. The van der Waals surface area contributed by atoms with Crippen LogP contribution in [0.5, 0.6) is 0 Å². The number of hydrogen-bond donors (Lipinski definition) is 0. The van der Waals surface area contributed by atoms with Gasteiger partial charge in [-0.05, 0) is 81.3 Å². The van der Waals surface area contributed by atoms with E-state index in [4.69, 9.17) is 23.2 Å². The predicted octanol–water partition coefficient (Wildman–Crippen LogP) is 7.87. The highest BCUT2D eigenvalue weighted by atomic mass is 35.5. The van der Waals surface area contributed by atoms with E-state index in [-0.39, 0.29) is 23.2 Å². The number of nitrogens with zero attached hydrogens (tertiary/aromatic N) is 3. The molecule has 4 rings (SSSR count). The van der Waals surface area contributed by atoms with E-state index >= 15 is 0 Å². The van der Waals surface area contributed by atoms with Crippen LogP contribution in [0, 0.1) is 17.2 Å². The van der Waals surface area contributed by atoms with Crippen LogP contribution < -0.4 is 0 Å². The topological polar surface area (TPSA) is 36.4 Å². The lowest BCUT2D eigenvalue weighted by atomic mass is 9.59. The first-order valence-corrected chi connectivity index (χ1v) is 14.9. The molecule has 2 saturated heterocycles. The molecule has 2 aromatic rings. The number of aromatic nitrogens is 1. The number of piperidine rings is 1. The van der Waals surface area contributed by atoms with Crippen molar-refractivity contribution in [1.82, 2.24) is 14.8 Å². The molecule has 2 aliphatic heterocycles. The van der Waals surface area contributed by atoms with E-state index in [0.29, 0.717) is 23.2 Å². The van der Waals surface area contributed by atoms with Gasteiger partial charge in [0.2, 0.25) is 0 Å². The summed E-state index contributed by atoms with van der Waals surface area (Å²) in [6.07, 6.45) is 14.9. The lowest BCUT2D eigenvalue weighted by Gasteiger charge is -2.53. The van der Waals surface area contributed by atoms with Gasteiger partial charge in [-0.15, -0.1) is 11.6 Å². The molecule has 4 atom stereocenters. The van der Waals surface area contributed by atoms with Crippen LogP contribution in [0.3, 0.4) is 0 Å². The smallest absolute Gasteiger partial charge is 0.254 e. The number of carbonyl (C=O) groups excluding carboxylic acids is 1. The SMILES string of the molecule is CCC=CC(C)(Cl)C1(C2CCCN(CC=Cc3ccc(F)cc3)C2)CCN(C(=O)c2ccnc(Cl)c2)C1CC. The number of rotatable bonds is 9. The van der Waals surface area contributed by atoms with Crippen molar-refractivity contribution in [3.05, 3.63) is 82.9 Å². The van der Waals surface area contributed by atoms with Crippen LogP contribution in [0.15, 0.2) is 60.8 Å². The Labute approximate surface area is 242 Å². The molecule has 2 aliphatic rings. The number of halogens is 3. The fourth-order valence-electron chi connectivity index (χ4n) is 6.93. The van der Waals surface area contributed by atoms with Crippen LogP contribution in [-0.2, 0) is 0 Å². The summed E-state index contributed by atoms with van der Waals surface area (Å²) in [6, 6.07) is 9.97. The van der Waals surface area contributed by atoms with Gasteiger partial charge in [0.05, 0.1) is 4.87 Å². The Morgan fingerprint density at radius 1 is 1.21 bits per heavy atom. The van der Waals surface area contributed by atoms with Crippen LogP contribution in [0.1, 0.15) is 68.8 Å². The normalized spacial score (nSPS) is 25.9. The minimum Gasteiger partial charge on any atom is -0.335 e. The lowest BCUT2D eigenvalue weighted by molar-refractivity contribution is 0.0141. The van der Waals surface area contributed by atoms with E-state index in [1.807, 2.05) is 4.90 Å². The van der Waals surface area contributed by atoms with E-state index in [0.717, 1.165) is 57.3 Å². The third-order valence-corrected chi connectivity index (χ3v) is 9.40. The zero-order valence-electron chi connectivity index (χ0n) is 23.3. The number of benzene rings is 1. The molecule has 1 aromatic carbocycles. The summed E-state index contributed by atoms with van der Waals surface area (Å²) in [5, 5.41) is 0.323. The minimum atomic E-state index is -0.605. The summed E-state index contributed by atoms with van der Waals surface area (Å²) in [4.78, 5) is 21.8. The number of likely N-dealkylation sites (tertiary alicyclic amines) is 2. The van der Waals surface area contributed by atoms with E-state index < -0.39 is 4.87 Å². The highest BCUT2D eigenvalue weighted by Crippen LogP contribution is 2.57. The number of alkyl halides is 1. The van der Waals surface area contributed by atoms with Crippen LogP contribution in [0.2, 0.25) is 5.15 Å². The van der Waals surface area contributed by atoms with Crippen molar-refractivity contribution >= 4 is 35.2 Å². The molecule has 0 saturated carbocycles. The molecule has 210 valence electrons. The number of carbonyl (C=O) groups is 1. The van der Waals surface area contributed by atoms with Gasteiger partial charge >= 0.3 is 0 Å². The Bertz CT molecular complexity index is 1180. The molecule has 0 aliphatic carbocycles. The van der Waals surface area contributed by atoms with Gasteiger partial charge in [-0.1, -0.05) is 61.9 Å². The van der Waals surface area contributed by atoms with Crippen LogP contribution >= 0.6 is 23.2 Å². The molecule has 0 bridgehead atoms. The highest BCUT2D eigenvalue weighted by Gasteiger charge is 2.60. The molecule has 4 nitrogen and oxygen atoms in total. The molecule has 1 aromatic heterocycles. The summed E-state index contributed by atoms with van der Waals surface area (Å²) in [6.45, 7) is 9.89. The number of amides is 1. The van der Waals surface area contributed by atoms with E-state index in [1.165, 1.54) is 12.1 Å². The minimum absolute atomic E-state index is 0.000606. The number of pyridine rings is 1.